The van der Waals surface area contributed by atoms with E-state index in [-0.39, 0.29) is 0 Å². The number of carbonyl (C=O) groups is 1. The zero-order valence-corrected chi connectivity index (χ0v) is 14.6. The Morgan fingerprint density at radius 1 is 1.43 bits per heavy atom. The molecule has 0 saturated carbocycles. The molecular formula is C18H29N3O2. The maximum Gasteiger partial charge on any atom is 0.210 e. The maximum absolute atomic E-state index is 11.4. The van der Waals surface area contributed by atoms with Crippen molar-refractivity contribution < 1.29 is 9.53 Å². The molecule has 1 aliphatic heterocycles. The quantitative estimate of drug-likeness (QED) is 0.691. The summed E-state index contributed by atoms with van der Waals surface area (Å²) in [5, 5.41) is 0. The van der Waals surface area contributed by atoms with Gasteiger partial charge in [-0.25, -0.2) is 0 Å². The van der Waals surface area contributed by atoms with Gasteiger partial charge < -0.3 is 14.5 Å². The number of amides is 1. The molecule has 1 saturated heterocycles. The minimum Gasteiger partial charge on any atom is -0.495 e. The molecule has 1 fully saturated rings. The van der Waals surface area contributed by atoms with Gasteiger partial charge in [-0.05, 0) is 50.8 Å². The molecule has 1 unspecified atom stereocenters. The first-order valence-electron chi connectivity index (χ1n) is 8.56. The minimum atomic E-state index is 0.592. The van der Waals surface area contributed by atoms with Crippen LogP contribution in [0.25, 0.3) is 0 Å². The van der Waals surface area contributed by atoms with Crippen LogP contribution in [-0.4, -0.2) is 54.0 Å². The van der Waals surface area contributed by atoms with E-state index in [1.807, 2.05) is 18.0 Å². The van der Waals surface area contributed by atoms with Gasteiger partial charge in [0.15, 0.2) is 0 Å². The summed E-state index contributed by atoms with van der Waals surface area (Å²) in [6.07, 6.45) is 9.43. The van der Waals surface area contributed by atoms with Gasteiger partial charge in [0.05, 0.1) is 13.3 Å². The van der Waals surface area contributed by atoms with Gasteiger partial charge in [0.1, 0.15) is 5.75 Å². The molecule has 0 N–H and O–H groups in total. The number of piperidine rings is 1. The average molecular weight is 319 g/mol. The van der Waals surface area contributed by atoms with Gasteiger partial charge in [0.25, 0.3) is 0 Å². The van der Waals surface area contributed by atoms with E-state index in [0.29, 0.717) is 12.6 Å². The molecule has 2 rings (SSSR count). The van der Waals surface area contributed by atoms with Crippen molar-refractivity contribution in [2.45, 2.75) is 52.1 Å². The number of nitrogens with zero attached hydrogens (tertiary/aromatic N) is 3. The Balaban J connectivity index is 1.84. The standard InChI is InChI=1S/C18H29N3O2/c1-15-7-4-5-9-21(15)10-6-8-20(14-22)13-17-11-19-12-18(23-3)16(17)2/h11-12,14-15H,4-10,13H2,1-3H3. The summed E-state index contributed by atoms with van der Waals surface area (Å²) >= 11 is 0. The van der Waals surface area contributed by atoms with Gasteiger partial charge in [0, 0.05) is 31.9 Å². The number of pyridine rings is 1. The lowest BCUT2D eigenvalue weighted by molar-refractivity contribution is -0.118. The van der Waals surface area contributed by atoms with E-state index in [9.17, 15) is 4.79 Å². The van der Waals surface area contributed by atoms with E-state index >= 15 is 0 Å². The highest BCUT2D eigenvalue weighted by atomic mass is 16.5. The summed E-state index contributed by atoms with van der Waals surface area (Å²) in [7, 11) is 1.64. The minimum absolute atomic E-state index is 0.592. The number of carbonyl (C=O) groups excluding carboxylic acids is 1. The molecule has 5 heteroatoms. The first-order chi connectivity index (χ1) is 11.2. The Morgan fingerprint density at radius 3 is 2.96 bits per heavy atom. The topological polar surface area (TPSA) is 45.7 Å². The van der Waals surface area contributed by atoms with Crippen molar-refractivity contribution in [3.05, 3.63) is 23.5 Å². The van der Waals surface area contributed by atoms with E-state index in [1.165, 1.54) is 25.8 Å². The summed E-state index contributed by atoms with van der Waals surface area (Å²) < 4.78 is 5.30. The maximum atomic E-state index is 11.4. The van der Waals surface area contributed by atoms with Crippen molar-refractivity contribution in [1.82, 2.24) is 14.8 Å². The zero-order valence-electron chi connectivity index (χ0n) is 14.6. The molecule has 0 bridgehead atoms. The average Bonchev–Trinajstić information content (AvgIpc) is 2.57. The summed E-state index contributed by atoms with van der Waals surface area (Å²) in [5.41, 5.74) is 2.10. The van der Waals surface area contributed by atoms with Crippen LogP contribution in [0.3, 0.4) is 0 Å². The van der Waals surface area contributed by atoms with Gasteiger partial charge in [-0.1, -0.05) is 6.42 Å². The van der Waals surface area contributed by atoms with Crippen molar-refractivity contribution in [3.8, 4) is 5.75 Å². The normalized spacial score (nSPS) is 18.7. The number of rotatable bonds is 8. The number of likely N-dealkylation sites (tertiary alicyclic amines) is 1. The van der Waals surface area contributed by atoms with Crippen molar-refractivity contribution in [2.24, 2.45) is 0 Å². The van der Waals surface area contributed by atoms with Gasteiger partial charge in [-0.15, -0.1) is 0 Å². The van der Waals surface area contributed by atoms with Crippen molar-refractivity contribution in [1.29, 1.82) is 0 Å². The number of methoxy groups -OCH3 is 1. The Kier molecular flexibility index (Phi) is 6.84. The van der Waals surface area contributed by atoms with Crippen molar-refractivity contribution in [2.75, 3.05) is 26.7 Å². The summed E-state index contributed by atoms with van der Waals surface area (Å²) in [4.78, 5) is 20.0. The number of aromatic nitrogens is 1. The summed E-state index contributed by atoms with van der Waals surface area (Å²) in [5.74, 6) is 0.774. The van der Waals surface area contributed by atoms with Crippen LogP contribution >= 0.6 is 0 Å². The van der Waals surface area contributed by atoms with Crippen LogP contribution in [0, 0.1) is 6.92 Å². The number of hydrogen-bond donors (Lipinski definition) is 0. The molecule has 5 nitrogen and oxygen atoms in total. The summed E-state index contributed by atoms with van der Waals surface area (Å²) in [6.45, 7) is 7.96. The van der Waals surface area contributed by atoms with E-state index in [1.54, 1.807) is 13.3 Å². The lowest BCUT2D eigenvalue weighted by atomic mass is 10.0. The first kappa shape index (κ1) is 17.7. The molecule has 0 aromatic carbocycles. The summed E-state index contributed by atoms with van der Waals surface area (Å²) in [6, 6.07) is 0.679. The SMILES string of the molecule is COc1cncc(CN(C=O)CCCN2CCCCC2C)c1C. The van der Waals surface area contributed by atoms with Crippen LogP contribution in [0.15, 0.2) is 12.4 Å². The van der Waals surface area contributed by atoms with Crippen molar-refractivity contribution in [3.63, 3.8) is 0 Å². The van der Waals surface area contributed by atoms with Crippen LogP contribution in [0.4, 0.5) is 0 Å². The zero-order chi connectivity index (χ0) is 16.7. The Hall–Kier alpha value is -1.62. The number of ether oxygens (including phenoxy) is 1. The Bertz CT molecular complexity index is 507. The lowest BCUT2D eigenvalue weighted by Crippen LogP contribution is -2.39. The highest BCUT2D eigenvalue weighted by Crippen LogP contribution is 2.20. The van der Waals surface area contributed by atoms with Gasteiger partial charge in [0.2, 0.25) is 6.41 Å². The molecule has 1 aromatic rings. The molecule has 1 amide bonds. The second-order valence-electron chi connectivity index (χ2n) is 6.44. The molecule has 1 aliphatic rings. The van der Waals surface area contributed by atoms with Crippen LogP contribution in [0.5, 0.6) is 5.75 Å². The van der Waals surface area contributed by atoms with Gasteiger partial charge in [-0.2, -0.15) is 0 Å². The van der Waals surface area contributed by atoms with Crippen LogP contribution in [0.1, 0.15) is 43.7 Å². The monoisotopic (exact) mass is 319 g/mol. The van der Waals surface area contributed by atoms with E-state index in [0.717, 1.165) is 42.8 Å². The van der Waals surface area contributed by atoms with Gasteiger partial charge >= 0.3 is 0 Å². The third-order valence-electron chi connectivity index (χ3n) is 4.85. The highest BCUT2D eigenvalue weighted by Gasteiger charge is 2.17. The lowest BCUT2D eigenvalue weighted by Gasteiger charge is -2.33. The smallest absolute Gasteiger partial charge is 0.210 e. The fraction of sp³-hybridized carbons (Fsp3) is 0.667. The van der Waals surface area contributed by atoms with E-state index in [4.69, 9.17) is 4.74 Å². The molecule has 23 heavy (non-hydrogen) atoms. The van der Waals surface area contributed by atoms with E-state index < -0.39 is 0 Å². The van der Waals surface area contributed by atoms with Crippen LogP contribution < -0.4 is 4.74 Å². The first-order valence-corrected chi connectivity index (χ1v) is 8.56. The second kappa shape index (κ2) is 8.87. The fourth-order valence-corrected chi connectivity index (χ4v) is 3.27. The third kappa shape index (κ3) is 4.93. The Labute approximate surface area is 139 Å². The molecular weight excluding hydrogens is 290 g/mol. The molecule has 1 aromatic heterocycles. The number of hydrogen-bond acceptors (Lipinski definition) is 4. The molecule has 128 valence electrons. The molecule has 1 atom stereocenters. The molecule has 2 heterocycles. The largest absolute Gasteiger partial charge is 0.495 e. The predicted octanol–water partition coefficient (Wildman–Crippen LogP) is 2.62. The van der Waals surface area contributed by atoms with Crippen LogP contribution in [0.2, 0.25) is 0 Å². The Morgan fingerprint density at radius 2 is 2.26 bits per heavy atom. The predicted molar refractivity (Wildman–Crippen MR) is 91.5 cm³/mol. The molecule has 0 aliphatic carbocycles. The second-order valence-corrected chi connectivity index (χ2v) is 6.44. The van der Waals surface area contributed by atoms with Crippen LogP contribution in [-0.2, 0) is 11.3 Å². The molecule has 0 spiro atoms. The van der Waals surface area contributed by atoms with Crippen molar-refractivity contribution >= 4 is 6.41 Å². The van der Waals surface area contributed by atoms with E-state index in [2.05, 4.69) is 16.8 Å². The van der Waals surface area contributed by atoms with Gasteiger partial charge in [-0.3, -0.25) is 9.78 Å². The third-order valence-corrected chi connectivity index (χ3v) is 4.85. The molecule has 0 radical (unpaired) electrons. The highest BCUT2D eigenvalue weighted by molar-refractivity contribution is 5.48. The fourth-order valence-electron chi connectivity index (χ4n) is 3.27.